The van der Waals surface area contributed by atoms with Crippen molar-refractivity contribution in [2.75, 3.05) is 5.32 Å². The summed E-state index contributed by atoms with van der Waals surface area (Å²) in [6.07, 6.45) is 5.51. The van der Waals surface area contributed by atoms with E-state index < -0.39 is 0 Å². The van der Waals surface area contributed by atoms with Crippen LogP contribution in [0.5, 0.6) is 0 Å². The van der Waals surface area contributed by atoms with Gasteiger partial charge in [0.2, 0.25) is 0 Å². The van der Waals surface area contributed by atoms with E-state index in [9.17, 15) is 4.39 Å². The van der Waals surface area contributed by atoms with Crippen LogP contribution >= 0.6 is 0 Å². The summed E-state index contributed by atoms with van der Waals surface area (Å²) in [6.45, 7) is 0. The molecule has 0 spiro atoms. The second-order valence-electron chi connectivity index (χ2n) is 5.62. The van der Waals surface area contributed by atoms with E-state index in [4.69, 9.17) is 0 Å². The Hall–Kier alpha value is -2.09. The average molecular weight is 265 g/mol. The van der Waals surface area contributed by atoms with Crippen LogP contribution in [0.15, 0.2) is 60.7 Å². The van der Waals surface area contributed by atoms with Gasteiger partial charge in [0.15, 0.2) is 0 Å². The quantitative estimate of drug-likeness (QED) is 0.740. The molecule has 2 heteroatoms. The lowest BCUT2D eigenvalue weighted by Crippen LogP contribution is -2.29. The summed E-state index contributed by atoms with van der Waals surface area (Å²) >= 11 is 0. The van der Waals surface area contributed by atoms with Crippen LogP contribution in [0.4, 0.5) is 10.1 Å². The fourth-order valence-electron chi connectivity index (χ4n) is 3.56. The van der Waals surface area contributed by atoms with Crippen molar-refractivity contribution >= 4 is 5.69 Å². The van der Waals surface area contributed by atoms with Crippen LogP contribution in [0.2, 0.25) is 0 Å². The lowest BCUT2D eigenvalue weighted by molar-refractivity contribution is 0.424. The van der Waals surface area contributed by atoms with Gasteiger partial charge in [-0.1, -0.05) is 42.5 Å². The Balaban J connectivity index is 1.80. The van der Waals surface area contributed by atoms with Crippen LogP contribution < -0.4 is 5.32 Å². The number of hydrogen-bond donors (Lipinski definition) is 1. The minimum Gasteiger partial charge on any atom is -0.378 e. The van der Waals surface area contributed by atoms with Gasteiger partial charge in [-0.2, -0.15) is 0 Å². The molecule has 1 nitrogen and oxygen atoms in total. The van der Waals surface area contributed by atoms with E-state index in [0.29, 0.717) is 17.9 Å². The molecule has 1 N–H and O–H groups in total. The number of hydrogen-bond acceptors (Lipinski definition) is 1. The molecule has 0 bridgehead atoms. The molecule has 2 aromatic carbocycles. The topological polar surface area (TPSA) is 12.0 Å². The Bertz CT molecular complexity index is 662. The standard InChI is InChI=1S/C18H16FN/c19-13-9-10-17-16(11-13)14-7-4-8-15(14)18(20-17)12-5-2-1-3-6-12/h1-7,9-11,14-15,18,20H,8H2/t14-,15-,18-/m1/s1. The van der Waals surface area contributed by atoms with Crippen molar-refractivity contribution in [3.8, 4) is 0 Å². The molecule has 0 saturated carbocycles. The molecular weight excluding hydrogens is 249 g/mol. The van der Waals surface area contributed by atoms with Crippen LogP contribution in [0.3, 0.4) is 0 Å². The van der Waals surface area contributed by atoms with Crippen LogP contribution in [-0.4, -0.2) is 0 Å². The van der Waals surface area contributed by atoms with Gasteiger partial charge < -0.3 is 5.32 Å². The average Bonchev–Trinajstić information content (AvgIpc) is 2.97. The molecule has 0 radical (unpaired) electrons. The predicted octanol–water partition coefficient (Wildman–Crippen LogP) is 4.65. The largest absolute Gasteiger partial charge is 0.378 e. The van der Waals surface area contributed by atoms with E-state index in [1.807, 2.05) is 12.1 Å². The lowest BCUT2D eigenvalue weighted by Gasteiger charge is -2.37. The molecule has 1 heterocycles. The van der Waals surface area contributed by atoms with Crippen molar-refractivity contribution in [2.24, 2.45) is 5.92 Å². The number of halogens is 1. The molecule has 2 aromatic rings. The summed E-state index contributed by atoms with van der Waals surface area (Å²) in [5.41, 5.74) is 3.46. The number of anilines is 1. The van der Waals surface area contributed by atoms with Crippen molar-refractivity contribution in [2.45, 2.75) is 18.4 Å². The number of rotatable bonds is 1. The van der Waals surface area contributed by atoms with Crippen molar-refractivity contribution in [1.29, 1.82) is 0 Å². The van der Waals surface area contributed by atoms with E-state index in [0.717, 1.165) is 17.7 Å². The molecule has 0 saturated heterocycles. The van der Waals surface area contributed by atoms with Crippen molar-refractivity contribution < 1.29 is 4.39 Å². The molecular formula is C18H16FN. The summed E-state index contributed by atoms with van der Waals surface area (Å²) in [6, 6.07) is 15.9. The normalized spacial score (nSPS) is 26.8. The molecule has 3 atom stereocenters. The molecule has 4 rings (SSSR count). The van der Waals surface area contributed by atoms with Gasteiger partial charge in [-0.25, -0.2) is 4.39 Å². The highest BCUT2D eigenvalue weighted by molar-refractivity contribution is 5.59. The Morgan fingerprint density at radius 2 is 1.90 bits per heavy atom. The van der Waals surface area contributed by atoms with Gasteiger partial charge in [0.25, 0.3) is 0 Å². The van der Waals surface area contributed by atoms with E-state index in [-0.39, 0.29) is 5.82 Å². The second kappa shape index (κ2) is 4.48. The second-order valence-corrected chi connectivity index (χ2v) is 5.62. The van der Waals surface area contributed by atoms with E-state index in [1.165, 1.54) is 11.6 Å². The zero-order chi connectivity index (χ0) is 13.5. The first kappa shape index (κ1) is 11.7. The first-order valence-corrected chi connectivity index (χ1v) is 7.10. The summed E-state index contributed by atoms with van der Waals surface area (Å²) in [7, 11) is 0. The molecule has 2 aliphatic rings. The van der Waals surface area contributed by atoms with E-state index in [2.05, 4.69) is 41.7 Å². The maximum absolute atomic E-state index is 13.5. The molecule has 1 aliphatic heterocycles. The van der Waals surface area contributed by atoms with E-state index >= 15 is 0 Å². The monoisotopic (exact) mass is 265 g/mol. The van der Waals surface area contributed by atoms with Crippen molar-refractivity contribution in [3.63, 3.8) is 0 Å². The Labute approximate surface area is 118 Å². The summed E-state index contributed by atoms with van der Waals surface area (Å²) < 4.78 is 13.5. The van der Waals surface area contributed by atoms with E-state index in [1.54, 1.807) is 6.07 Å². The summed E-state index contributed by atoms with van der Waals surface area (Å²) in [4.78, 5) is 0. The third-order valence-corrected chi connectivity index (χ3v) is 4.48. The first-order valence-electron chi connectivity index (χ1n) is 7.10. The van der Waals surface area contributed by atoms with Gasteiger partial charge in [0.1, 0.15) is 5.82 Å². The molecule has 0 unspecified atom stereocenters. The Morgan fingerprint density at radius 1 is 1.05 bits per heavy atom. The smallest absolute Gasteiger partial charge is 0.123 e. The predicted molar refractivity (Wildman–Crippen MR) is 79.2 cm³/mol. The Kier molecular flexibility index (Phi) is 2.62. The summed E-state index contributed by atoms with van der Waals surface area (Å²) in [5, 5.41) is 3.61. The van der Waals surface area contributed by atoms with Crippen molar-refractivity contribution in [3.05, 3.63) is 77.6 Å². The third kappa shape index (κ3) is 1.75. The number of nitrogens with one attached hydrogen (secondary N) is 1. The van der Waals surface area contributed by atoms with Gasteiger partial charge in [0, 0.05) is 11.6 Å². The molecule has 0 fully saturated rings. The molecule has 0 aromatic heterocycles. The van der Waals surface area contributed by atoms with Crippen LogP contribution in [-0.2, 0) is 0 Å². The SMILES string of the molecule is Fc1ccc2c(c1)[C@@H]1C=CC[C@H]1[C@@H](c1ccccc1)N2. The molecule has 100 valence electrons. The number of fused-ring (bicyclic) bond motifs is 3. The molecule has 20 heavy (non-hydrogen) atoms. The van der Waals surface area contributed by atoms with Crippen molar-refractivity contribution in [1.82, 2.24) is 0 Å². The van der Waals surface area contributed by atoms with Gasteiger partial charge in [-0.15, -0.1) is 0 Å². The van der Waals surface area contributed by atoms with Gasteiger partial charge in [0.05, 0.1) is 6.04 Å². The fraction of sp³-hybridized carbons (Fsp3) is 0.222. The minimum absolute atomic E-state index is 0.150. The zero-order valence-corrected chi connectivity index (χ0v) is 11.1. The summed E-state index contributed by atoms with van der Waals surface area (Å²) in [5.74, 6) is 0.654. The third-order valence-electron chi connectivity index (χ3n) is 4.48. The first-order chi connectivity index (χ1) is 9.83. The minimum atomic E-state index is -0.150. The maximum atomic E-state index is 13.5. The van der Waals surface area contributed by atoms with Gasteiger partial charge in [-0.05, 0) is 41.7 Å². The molecule has 1 aliphatic carbocycles. The lowest BCUT2D eigenvalue weighted by atomic mass is 9.77. The highest BCUT2D eigenvalue weighted by atomic mass is 19.1. The van der Waals surface area contributed by atoms with Gasteiger partial charge >= 0.3 is 0 Å². The Morgan fingerprint density at radius 3 is 2.75 bits per heavy atom. The fourth-order valence-corrected chi connectivity index (χ4v) is 3.56. The zero-order valence-electron chi connectivity index (χ0n) is 11.1. The number of allylic oxidation sites excluding steroid dienone is 2. The van der Waals surface area contributed by atoms with Gasteiger partial charge in [-0.3, -0.25) is 0 Å². The highest BCUT2D eigenvalue weighted by Crippen LogP contribution is 2.49. The van der Waals surface area contributed by atoms with Crippen LogP contribution in [0.1, 0.15) is 29.5 Å². The molecule has 0 amide bonds. The maximum Gasteiger partial charge on any atom is 0.123 e. The number of benzene rings is 2. The van der Waals surface area contributed by atoms with Crippen LogP contribution in [0, 0.1) is 11.7 Å². The van der Waals surface area contributed by atoms with Crippen LogP contribution in [0.25, 0.3) is 0 Å². The highest BCUT2D eigenvalue weighted by Gasteiger charge is 2.37.